The highest BCUT2D eigenvalue weighted by Gasteiger charge is 2.19. The Kier molecular flexibility index (Phi) is 6.06. The zero-order valence-corrected chi connectivity index (χ0v) is 19.4. The van der Waals surface area contributed by atoms with Crippen molar-refractivity contribution in [2.45, 2.75) is 33.9 Å². The molecule has 9 heteroatoms. The quantitative estimate of drug-likeness (QED) is 0.320. The van der Waals surface area contributed by atoms with Gasteiger partial charge >= 0.3 is 0 Å². The second-order valence-corrected chi connectivity index (χ2v) is 8.37. The molecule has 0 unspecified atom stereocenters. The molecular weight excluding hydrogens is 418 g/mol. The third kappa shape index (κ3) is 4.34. The minimum absolute atomic E-state index is 0.198. The lowest BCUT2D eigenvalue weighted by Crippen LogP contribution is -2.38. The minimum atomic E-state index is 0.198. The molecular formula is C24H29N7O2. The molecule has 5 rings (SSSR count). The van der Waals surface area contributed by atoms with Crippen LogP contribution in [0.2, 0.25) is 0 Å². The van der Waals surface area contributed by atoms with Gasteiger partial charge in [0.1, 0.15) is 12.0 Å². The van der Waals surface area contributed by atoms with Gasteiger partial charge in [0.05, 0.1) is 24.3 Å². The Morgan fingerprint density at radius 2 is 1.88 bits per heavy atom. The summed E-state index contributed by atoms with van der Waals surface area (Å²) in [4.78, 5) is 17.5. The fourth-order valence-electron chi connectivity index (χ4n) is 4.29. The first-order chi connectivity index (χ1) is 16.1. The van der Waals surface area contributed by atoms with Crippen LogP contribution in [0.4, 0.5) is 0 Å². The van der Waals surface area contributed by atoms with E-state index in [1.807, 2.05) is 37.3 Å². The Morgan fingerprint density at radius 3 is 2.67 bits per heavy atom. The van der Waals surface area contributed by atoms with Crippen LogP contribution >= 0.6 is 0 Å². The third-order valence-corrected chi connectivity index (χ3v) is 6.32. The summed E-state index contributed by atoms with van der Waals surface area (Å²) in [6.45, 7) is 11.8. The first-order valence-electron chi connectivity index (χ1n) is 11.3. The number of benzene rings is 1. The Hall–Kier alpha value is -3.30. The van der Waals surface area contributed by atoms with Crippen LogP contribution in [0.15, 0.2) is 41.8 Å². The van der Waals surface area contributed by atoms with Crippen LogP contribution in [0.1, 0.15) is 29.6 Å². The molecule has 0 saturated carbocycles. The summed E-state index contributed by atoms with van der Waals surface area (Å²) in [6, 6.07) is 9.94. The third-order valence-electron chi connectivity index (χ3n) is 6.32. The van der Waals surface area contributed by atoms with Crippen molar-refractivity contribution >= 4 is 22.4 Å². The van der Waals surface area contributed by atoms with Crippen molar-refractivity contribution in [1.29, 1.82) is 0 Å². The maximum atomic E-state index is 5.55. The summed E-state index contributed by atoms with van der Waals surface area (Å²) < 4.78 is 9.49. The Bertz CT molecular complexity index is 1290. The molecule has 0 atom stereocenters. The van der Waals surface area contributed by atoms with Gasteiger partial charge in [-0.2, -0.15) is 0 Å². The molecule has 0 radical (unpaired) electrons. The Morgan fingerprint density at radius 1 is 1.09 bits per heavy atom. The summed E-state index contributed by atoms with van der Waals surface area (Å²) >= 11 is 0. The highest BCUT2D eigenvalue weighted by Crippen LogP contribution is 2.27. The second-order valence-electron chi connectivity index (χ2n) is 8.37. The number of oxime groups is 1. The number of ether oxygens (including phenoxy) is 1. The topological polar surface area (TPSA) is 82.1 Å². The van der Waals surface area contributed by atoms with E-state index < -0.39 is 0 Å². The zero-order valence-electron chi connectivity index (χ0n) is 19.4. The monoisotopic (exact) mass is 447 g/mol. The standard InChI is InChI=1S/C24H29N7O2/c1-17-19(3)30(10-9-29-11-13-32-14-12-29)23-22(17)24-26-21(27-31(24)16-25-23)15-33-28-18(2)20-7-5-4-6-8-20/h4-8,16H,9-15H2,1-3H3/b28-18+. The van der Waals surface area contributed by atoms with Crippen molar-refractivity contribution in [2.75, 3.05) is 32.8 Å². The molecule has 9 nitrogen and oxygen atoms in total. The fraction of sp³-hybridized carbons (Fsp3) is 0.417. The van der Waals surface area contributed by atoms with Gasteiger partial charge in [-0.1, -0.05) is 35.5 Å². The van der Waals surface area contributed by atoms with Crippen LogP contribution in [0.25, 0.3) is 16.7 Å². The van der Waals surface area contributed by atoms with Crippen molar-refractivity contribution in [3.8, 4) is 0 Å². The smallest absolute Gasteiger partial charge is 0.192 e. The number of aromatic nitrogens is 5. The van der Waals surface area contributed by atoms with Crippen LogP contribution in [0.3, 0.4) is 0 Å². The van der Waals surface area contributed by atoms with Crippen molar-refractivity contribution < 1.29 is 9.57 Å². The van der Waals surface area contributed by atoms with Gasteiger partial charge in [-0.05, 0) is 31.9 Å². The van der Waals surface area contributed by atoms with E-state index in [0.29, 0.717) is 5.82 Å². The summed E-state index contributed by atoms with van der Waals surface area (Å²) in [5.41, 5.74) is 5.98. The molecule has 172 valence electrons. The van der Waals surface area contributed by atoms with Crippen molar-refractivity contribution in [1.82, 2.24) is 29.0 Å². The minimum Gasteiger partial charge on any atom is -0.387 e. The first kappa shape index (κ1) is 21.5. The molecule has 0 spiro atoms. The number of morpholine rings is 1. The molecule has 0 aliphatic carbocycles. The molecule has 3 aromatic heterocycles. The van der Waals surface area contributed by atoms with Crippen LogP contribution in [0, 0.1) is 13.8 Å². The normalized spacial score (nSPS) is 15.5. The SMILES string of the molecule is C/C(=N\OCc1nc2c3c(C)c(C)n(CCN4CCOCC4)c3ncn2n1)c1ccccc1. The van der Waals surface area contributed by atoms with E-state index in [1.165, 1.54) is 11.3 Å². The number of hydrogen-bond acceptors (Lipinski definition) is 7. The molecule has 1 fully saturated rings. The van der Waals surface area contributed by atoms with Crippen LogP contribution in [-0.2, 0) is 22.7 Å². The maximum absolute atomic E-state index is 5.55. The zero-order chi connectivity index (χ0) is 22.8. The van der Waals surface area contributed by atoms with Gasteiger partial charge in [0.2, 0.25) is 0 Å². The van der Waals surface area contributed by atoms with E-state index in [0.717, 1.165) is 67.3 Å². The fourth-order valence-corrected chi connectivity index (χ4v) is 4.29. The molecule has 1 aromatic carbocycles. The summed E-state index contributed by atoms with van der Waals surface area (Å²) in [5.74, 6) is 0.576. The highest BCUT2D eigenvalue weighted by atomic mass is 16.6. The van der Waals surface area contributed by atoms with E-state index >= 15 is 0 Å². The van der Waals surface area contributed by atoms with Gasteiger partial charge in [0.15, 0.2) is 18.1 Å². The van der Waals surface area contributed by atoms with Gasteiger partial charge in [-0.15, -0.1) is 5.10 Å². The van der Waals surface area contributed by atoms with E-state index in [9.17, 15) is 0 Å². The van der Waals surface area contributed by atoms with Gasteiger partial charge < -0.3 is 14.1 Å². The lowest BCUT2D eigenvalue weighted by Gasteiger charge is -2.26. The second kappa shape index (κ2) is 9.29. The summed E-state index contributed by atoms with van der Waals surface area (Å²) in [6.07, 6.45) is 1.73. The number of fused-ring (bicyclic) bond motifs is 3. The lowest BCUT2D eigenvalue weighted by atomic mass is 10.1. The van der Waals surface area contributed by atoms with Crippen LogP contribution in [-0.4, -0.2) is 67.6 Å². The van der Waals surface area contributed by atoms with E-state index in [4.69, 9.17) is 19.5 Å². The van der Waals surface area contributed by atoms with E-state index in [2.05, 4.69) is 33.6 Å². The number of rotatable bonds is 7. The van der Waals surface area contributed by atoms with Gasteiger partial charge in [-0.25, -0.2) is 14.5 Å². The molecule has 1 aliphatic rings. The van der Waals surface area contributed by atoms with Gasteiger partial charge in [0.25, 0.3) is 0 Å². The summed E-state index contributed by atoms with van der Waals surface area (Å²) in [5, 5.41) is 9.81. The highest BCUT2D eigenvalue weighted by molar-refractivity contribution is 5.98. The predicted octanol–water partition coefficient (Wildman–Crippen LogP) is 2.97. The molecule has 4 heterocycles. The van der Waals surface area contributed by atoms with Crippen LogP contribution < -0.4 is 0 Å². The molecule has 33 heavy (non-hydrogen) atoms. The number of nitrogens with zero attached hydrogens (tertiary/aromatic N) is 7. The lowest BCUT2D eigenvalue weighted by molar-refractivity contribution is 0.0364. The van der Waals surface area contributed by atoms with Crippen molar-refractivity contribution in [2.24, 2.45) is 5.16 Å². The van der Waals surface area contributed by atoms with E-state index in [1.54, 1.807) is 10.8 Å². The van der Waals surface area contributed by atoms with Crippen molar-refractivity contribution in [3.05, 3.63) is 59.3 Å². The molecule has 0 bridgehead atoms. The number of aryl methyl sites for hydroxylation is 1. The van der Waals surface area contributed by atoms with Crippen molar-refractivity contribution in [3.63, 3.8) is 0 Å². The molecule has 1 saturated heterocycles. The predicted molar refractivity (Wildman–Crippen MR) is 126 cm³/mol. The van der Waals surface area contributed by atoms with E-state index in [-0.39, 0.29) is 6.61 Å². The largest absolute Gasteiger partial charge is 0.387 e. The molecule has 0 N–H and O–H groups in total. The molecule has 1 aliphatic heterocycles. The van der Waals surface area contributed by atoms with Gasteiger partial charge in [0, 0.05) is 31.9 Å². The Labute approximate surface area is 192 Å². The average Bonchev–Trinajstić information content (AvgIpc) is 3.37. The Balaban J connectivity index is 1.37. The summed E-state index contributed by atoms with van der Waals surface area (Å²) in [7, 11) is 0. The molecule has 0 amide bonds. The first-order valence-corrected chi connectivity index (χ1v) is 11.3. The maximum Gasteiger partial charge on any atom is 0.192 e. The van der Waals surface area contributed by atoms with Gasteiger partial charge in [-0.3, -0.25) is 4.90 Å². The molecule has 4 aromatic rings. The number of hydrogen-bond donors (Lipinski definition) is 0. The average molecular weight is 448 g/mol. The van der Waals surface area contributed by atoms with Crippen LogP contribution in [0.5, 0.6) is 0 Å².